The van der Waals surface area contributed by atoms with Crippen molar-refractivity contribution in [1.29, 1.82) is 0 Å². The van der Waals surface area contributed by atoms with E-state index in [0.29, 0.717) is 30.1 Å². The average molecular weight is 391 g/mol. The van der Waals surface area contributed by atoms with Crippen LogP contribution in [0.2, 0.25) is 0 Å². The first-order valence-corrected chi connectivity index (χ1v) is 9.37. The smallest absolute Gasteiger partial charge is 0.406 e. The summed E-state index contributed by atoms with van der Waals surface area (Å²) in [6, 6.07) is 4.82. The lowest BCUT2D eigenvalue weighted by atomic mass is 10.0. The first-order chi connectivity index (χ1) is 13.4. The number of hydrogen-bond donors (Lipinski definition) is 0. The van der Waals surface area contributed by atoms with Crippen molar-refractivity contribution in [3.8, 4) is 5.75 Å². The van der Waals surface area contributed by atoms with Crippen LogP contribution in [0, 0.1) is 0 Å². The van der Waals surface area contributed by atoms with E-state index < -0.39 is 6.36 Å². The van der Waals surface area contributed by atoms with Crippen molar-refractivity contribution in [3.05, 3.63) is 53.1 Å². The highest BCUT2D eigenvalue weighted by Crippen LogP contribution is 2.42. The van der Waals surface area contributed by atoms with Crippen molar-refractivity contribution in [2.45, 2.75) is 44.4 Å². The molecule has 0 bridgehead atoms. The number of benzene rings is 1. The van der Waals surface area contributed by atoms with Crippen molar-refractivity contribution < 1.29 is 22.7 Å². The maximum Gasteiger partial charge on any atom is 0.573 e. The largest absolute Gasteiger partial charge is 0.573 e. The molecule has 1 aromatic heterocycles. The Labute approximate surface area is 160 Å². The van der Waals surface area contributed by atoms with Gasteiger partial charge in [0.15, 0.2) is 0 Å². The molecule has 2 fully saturated rings. The lowest BCUT2D eigenvalue weighted by molar-refractivity contribution is -0.274. The van der Waals surface area contributed by atoms with Crippen LogP contribution < -0.4 is 4.74 Å². The third kappa shape index (κ3) is 4.61. The van der Waals surface area contributed by atoms with Gasteiger partial charge in [-0.3, -0.25) is 4.79 Å². The molecular formula is C20H20F3N3O2. The van der Waals surface area contributed by atoms with E-state index in [4.69, 9.17) is 0 Å². The molecule has 0 spiro atoms. The summed E-state index contributed by atoms with van der Waals surface area (Å²) in [5.41, 5.74) is 2.10. The van der Waals surface area contributed by atoms with Crippen molar-refractivity contribution in [2.24, 2.45) is 0 Å². The number of hydrogen-bond acceptors (Lipinski definition) is 4. The second-order valence-electron chi connectivity index (χ2n) is 7.27. The van der Waals surface area contributed by atoms with Gasteiger partial charge < -0.3 is 9.64 Å². The number of aromatic nitrogens is 2. The molecule has 0 unspecified atom stereocenters. The zero-order chi connectivity index (χ0) is 19.7. The summed E-state index contributed by atoms with van der Waals surface area (Å²) in [7, 11) is 0. The second kappa shape index (κ2) is 7.41. The maximum absolute atomic E-state index is 12.6. The number of likely N-dealkylation sites (tertiary alicyclic amines) is 1. The number of nitrogens with zero attached hydrogens (tertiary/aromatic N) is 3. The molecular weight excluding hydrogens is 371 g/mol. The van der Waals surface area contributed by atoms with Crippen molar-refractivity contribution in [3.63, 3.8) is 0 Å². The molecule has 4 rings (SSSR count). The van der Waals surface area contributed by atoms with E-state index >= 15 is 0 Å². The fourth-order valence-electron chi connectivity index (χ4n) is 3.23. The zero-order valence-electron chi connectivity index (χ0n) is 15.2. The summed E-state index contributed by atoms with van der Waals surface area (Å²) in [6.07, 6.45) is 2.29. The molecule has 1 aliphatic heterocycles. The zero-order valence-corrected chi connectivity index (χ0v) is 15.2. The molecule has 2 heterocycles. The van der Waals surface area contributed by atoms with Crippen LogP contribution >= 0.6 is 0 Å². The summed E-state index contributed by atoms with van der Waals surface area (Å²) in [5.74, 6) is 0.626. The lowest BCUT2D eigenvalue weighted by Crippen LogP contribution is -2.42. The third-order valence-electron chi connectivity index (χ3n) is 5.00. The molecule has 1 saturated heterocycles. The van der Waals surface area contributed by atoms with Gasteiger partial charge in [0, 0.05) is 31.9 Å². The monoisotopic (exact) mass is 391 g/mol. The number of carbonyl (C=O) groups excluding carboxylic acids is 1. The Morgan fingerprint density at radius 1 is 1.11 bits per heavy atom. The number of alkyl halides is 3. The van der Waals surface area contributed by atoms with Gasteiger partial charge >= 0.3 is 6.36 Å². The third-order valence-corrected chi connectivity index (χ3v) is 5.00. The molecule has 1 aromatic carbocycles. The Hall–Kier alpha value is -2.64. The van der Waals surface area contributed by atoms with Gasteiger partial charge in [0.2, 0.25) is 0 Å². The molecule has 1 saturated carbocycles. The topological polar surface area (TPSA) is 55.3 Å². The number of halogens is 3. The molecule has 1 amide bonds. The minimum atomic E-state index is -4.71. The van der Waals surface area contributed by atoms with E-state index in [1.165, 1.54) is 24.5 Å². The highest BCUT2D eigenvalue weighted by molar-refractivity contribution is 5.94. The molecule has 2 aromatic rings. The van der Waals surface area contributed by atoms with Crippen LogP contribution in [0.1, 0.15) is 52.5 Å². The Balaban J connectivity index is 1.43. The fourth-order valence-corrected chi connectivity index (χ4v) is 3.23. The molecule has 0 radical (unpaired) electrons. The summed E-state index contributed by atoms with van der Waals surface area (Å²) in [4.78, 5) is 22.3. The molecule has 0 N–H and O–H groups in total. The lowest BCUT2D eigenvalue weighted by Gasteiger charge is -2.30. The average Bonchev–Trinajstić information content (AvgIpc) is 3.42. The molecule has 148 valence electrons. The molecule has 5 nitrogen and oxygen atoms in total. The van der Waals surface area contributed by atoms with Gasteiger partial charge in [0.05, 0.1) is 5.56 Å². The number of rotatable bonds is 6. The predicted octanol–water partition coefficient (Wildman–Crippen LogP) is 3.88. The van der Waals surface area contributed by atoms with Gasteiger partial charge in [-0.25, -0.2) is 9.97 Å². The van der Waals surface area contributed by atoms with Gasteiger partial charge in [-0.05, 0) is 54.9 Å². The van der Waals surface area contributed by atoms with Gasteiger partial charge in [0.1, 0.15) is 11.6 Å². The molecule has 1 aliphatic carbocycles. The molecule has 28 heavy (non-hydrogen) atoms. The second-order valence-corrected chi connectivity index (χ2v) is 7.27. The maximum atomic E-state index is 12.6. The highest BCUT2D eigenvalue weighted by Gasteiger charge is 2.32. The summed E-state index contributed by atoms with van der Waals surface area (Å²) in [6.45, 7) is 1.53. The van der Waals surface area contributed by atoms with Crippen LogP contribution in [0.25, 0.3) is 0 Å². The van der Waals surface area contributed by atoms with Crippen molar-refractivity contribution >= 4 is 5.91 Å². The highest BCUT2D eigenvalue weighted by atomic mass is 19.4. The van der Waals surface area contributed by atoms with Gasteiger partial charge in [-0.15, -0.1) is 13.2 Å². The number of ether oxygens (including phenoxy) is 1. The molecule has 2 aliphatic rings. The first-order valence-electron chi connectivity index (χ1n) is 9.37. The standard InChI is InChI=1S/C20H20F3N3O2/c21-20(22,23)28-17-9-13(8-15(10-17)14-3-4-14)2-5-18-24-11-16(12-25-18)19(27)26-6-1-7-26/h8-12,14H,1-7H2. The van der Waals surface area contributed by atoms with Crippen molar-refractivity contribution in [1.82, 2.24) is 14.9 Å². The van der Waals surface area contributed by atoms with Crippen molar-refractivity contribution in [2.75, 3.05) is 13.1 Å². The Morgan fingerprint density at radius 2 is 1.82 bits per heavy atom. The summed E-state index contributed by atoms with van der Waals surface area (Å²) in [5, 5.41) is 0. The Morgan fingerprint density at radius 3 is 2.39 bits per heavy atom. The van der Waals surface area contributed by atoms with Gasteiger partial charge in [-0.2, -0.15) is 0 Å². The normalized spacial score (nSPS) is 16.6. The Kier molecular flexibility index (Phi) is 4.95. The first kappa shape index (κ1) is 18.7. The number of carbonyl (C=O) groups is 1. The van der Waals surface area contributed by atoms with Crippen LogP contribution in [-0.2, 0) is 12.8 Å². The van der Waals surface area contributed by atoms with E-state index in [2.05, 4.69) is 14.7 Å². The summed E-state index contributed by atoms with van der Waals surface area (Å²) >= 11 is 0. The van der Waals surface area contributed by atoms with Crippen LogP contribution in [-0.4, -0.2) is 40.2 Å². The van der Waals surface area contributed by atoms with E-state index in [9.17, 15) is 18.0 Å². The quantitative estimate of drug-likeness (QED) is 0.750. The van der Waals surface area contributed by atoms with Gasteiger partial charge in [-0.1, -0.05) is 6.07 Å². The minimum Gasteiger partial charge on any atom is -0.406 e. The predicted molar refractivity (Wildman–Crippen MR) is 95.1 cm³/mol. The molecule has 8 heteroatoms. The van der Waals surface area contributed by atoms with E-state index in [-0.39, 0.29) is 11.7 Å². The van der Waals surface area contributed by atoms with Crippen LogP contribution in [0.4, 0.5) is 13.2 Å². The number of aryl methyl sites for hydroxylation is 2. The van der Waals surface area contributed by atoms with Crippen LogP contribution in [0.5, 0.6) is 5.75 Å². The van der Waals surface area contributed by atoms with E-state index in [1.54, 1.807) is 4.90 Å². The van der Waals surface area contributed by atoms with Crippen LogP contribution in [0.15, 0.2) is 30.6 Å². The van der Waals surface area contributed by atoms with E-state index in [1.807, 2.05) is 6.07 Å². The summed E-state index contributed by atoms with van der Waals surface area (Å²) < 4.78 is 41.9. The van der Waals surface area contributed by atoms with E-state index in [0.717, 1.165) is 43.5 Å². The SMILES string of the molecule is O=C(c1cnc(CCc2cc(OC(F)(F)F)cc(C3CC3)c2)nc1)N1CCC1. The Bertz CT molecular complexity index is 860. The molecule has 0 atom stereocenters. The van der Waals surface area contributed by atoms with Crippen LogP contribution in [0.3, 0.4) is 0 Å². The van der Waals surface area contributed by atoms with Gasteiger partial charge in [0.25, 0.3) is 5.91 Å². The number of amides is 1. The fraction of sp³-hybridized carbons (Fsp3) is 0.450. The minimum absolute atomic E-state index is 0.0659.